The number of halogens is 3. The van der Waals surface area contributed by atoms with E-state index in [2.05, 4.69) is 4.74 Å². The Balaban J connectivity index is 1.97. The zero-order chi connectivity index (χ0) is 18.0. The largest absolute Gasteiger partial charge is 0.573 e. The molecule has 132 valence electrons. The summed E-state index contributed by atoms with van der Waals surface area (Å²) in [7, 11) is 0. The van der Waals surface area contributed by atoms with Gasteiger partial charge in [-0.15, -0.1) is 13.2 Å². The van der Waals surface area contributed by atoms with E-state index in [-0.39, 0.29) is 11.3 Å². The highest BCUT2D eigenvalue weighted by molar-refractivity contribution is 5.72. The van der Waals surface area contributed by atoms with E-state index in [1.165, 1.54) is 18.2 Å². The second-order valence-corrected chi connectivity index (χ2v) is 5.36. The van der Waals surface area contributed by atoms with Crippen LogP contribution < -0.4 is 15.2 Å². The van der Waals surface area contributed by atoms with Gasteiger partial charge in [0.1, 0.15) is 17.6 Å². The summed E-state index contributed by atoms with van der Waals surface area (Å²) < 4.78 is 52.4. The van der Waals surface area contributed by atoms with Gasteiger partial charge in [0.05, 0.1) is 6.61 Å². The molecule has 0 spiro atoms. The van der Waals surface area contributed by atoms with Crippen molar-refractivity contribution in [1.29, 1.82) is 0 Å². The molecule has 2 N–H and O–H groups in total. The van der Waals surface area contributed by atoms with Gasteiger partial charge in [-0.25, -0.2) is 4.79 Å². The number of nitrogens with two attached hydrogens (primary N) is 1. The fraction of sp³-hybridized carbons (Fsp3) is 0.235. The molecule has 1 aliphatic rings. The lowest BCUT2D eigenvalue weighted by Crippen LogP contribution is -2.22. The SMILES string of the molecule is NC(=O)OC1CCOc2cc(-c3ccccc3OC(F)(F)F)ccc21. The highest BCUT2D eigenvalue weighted by Gasteiger charge is 2.32. The minimum atomic E-state index is -4.79. The van der Waals surface area contributed by atoms with Crippen molar-refractivity contribution in [2.75, 3.05) is 6.61 Å². The van der Waals surface area contributed by atoms with E-state index in [1.807, 2.05) is 0 Å². The zero-order valence-corrected chi connectivity index (χ0v) is 12.9. The highest BCUT2D eigenvalue weighted by atomic mass is 19.4. The summed E-state index contributed by atoms with van der Waals surface area (Å²) in [5.74, 6) is 0.118. The lowest BCUT2D eigenvalue weighted by molar-refractivity contribution is -0.274. The lowest BCUT2D eigenvalue weighted by atomic mass is 9.97. The summed E-state index contributed by atoms with van der Waals surface area (Å²) in [5.41, 5.74) is 6.42. The first kappa shape index (κ1) is 16.9. The van der Waals surface area contributed by atoms with Crippen LogP contribution >= 0.6 is 0 Å². The van der Waals surface area contributed by atoms with E-state index in [1.54, 1.807) is 24.3 Å². The minimum absolute atomic E-state index is 0.268. The Kier molecular flexibility index (Phi) is 4.43. The van der Waals surface area contributed by atoms with Crippen LogP contribution in [0.2, 0.25) is 0 Å². The van der Waals surface area contributed by atoms with Crippen molar-refractivity contribution in [3.63, 3.8) is 0 Å². The van der Waals surface area contributed by atoms with E-state index >= 15 is 0 Å². The number of carbonyl (C=O) groups excluding carboxylic acids is 1. The van der Waals surface area contributed by atoms with Gasteiger partial charge in [0, 0.05) is 17.5 Å². The van der Waals surface area contributed by atoms with Crippen molar-refractivity contribution in [3.05, 3.63) is 48.0 Å². The first-order chi connectivity index (χ1) is 11.8. The van der Waals surface area contributed by atoms with Gasteiger partial charge in [0.25, 0.3) is 0 Å². The van der Waals surface area contributed by atoms with Gasteiger partial charge in [-0.3, -0.25) is 0 Å². The molecule has 0 aliphatic carbocycles. The summed E-state index contributed by atoms with van der Waals surface area (Å²) >= 11 is 0. The number of fused-ring (bicyclic) bond motifs is 1. The topological polar surface area (TPSA) is 70.8 Å². The summed E-state index contributed by atoms with van der Waals surface area (Å²) in [6, 6.07) is 10.7. The quantitative estimate of drug-likeness (QED) is 0.899. The molecule has 1 atom stereocenters. The van der Waals surface area contributed by atoms with Crippen molar-refractivity contribution >= 4 is 6.09 Å². The van der Waals surface area contributed by atoms with Crippen LogP contribution in [0.4, 0.5) is 18.0 Å². The summed E-state index contributed by atoms with van der Waals surface area (Å²) in [5, 5.41) is 0. The average molecular weight is 353 g/mol. The van der Waals surface area contributed by atoms with Crippen LogP contribution in [0.25, 0.3) is 11.1 Å². The molecule has 0 bridgehead atoms. The number of alkyl halides is 3. The molecule has 25 heavy (non-hydrogen) atoms. The van der Waals surface area contributed by atoms with E-state index < -0.39 is 18.6 Å². The molecule has 1 unspecified atom stereocenters. The highest BCUT2D eigenvalue weighted by Crippen LogP contribution is 2.40. The van der Waals surface area contributed by atoms with Crippen LogP contribution in [-0.2, 0) is 4.74 Å². The van der Waals surface area contributed by atoms with Crippen molar-refractivity contribution in [1.82, 2.24) is 0 Å². The third-order valence-corrected chi connectivity index (χ3v) is 3.68. The number of benzene rings is 2. The Morgan fingerprint density at radius 3 is 2.68 bits per heavy atom. The van der Waals surface area contributed by atoms with Gasteiger partial charge in [-0.2, -0.15) is 0 Å². The number of amides is 1. The number of primary amides is 1. The molecule has 1 amide bonds. The summed E-state index contributed by atoms with van der Waals surface area (Å²) in [4.78, 5) is 11.0. The molecule has 2 aromatic carbocycles. The van der Waals surface area contributed by atoms with E-state index in [0.29, 0.717) is 29.9 Å². The van der Waals surface area contributed by atoms with Gasteiger partial charge in [0.15, 0.2) is 0 Å². The predicted octanol–water partition coefficient (Wildman–Crippen LogP) is 4.17. The third-order valence-electron chi connectivity index (χ3n) is 3.68. The van der Waals surface area contributed by atoms with Crippen molar-refractivity contribution in [2.45, 2.75) is 18.9 Å². The van der Waals surface area contributed by atoms with Gasteiger partial charge >= 0.3 is 12.5 Å². The maximum Gasteiger partial charge on any atom is 0.573 e. The average Bonchev–Trinajstić information content (AvgIpc) is 2.53. The lowest BCUT2D eigenvalue weighted by Gasteiger charge is -2.25. The van der Waals surface area contributed by atoms with E-state index in [9.17, 15) is 18.0 Å². The van der Waals surface area contributed by atoms with Gasteiger partial charge in [0.2, 0.25) is 0 Å². The Bertz CT molecular complexity index is 792. The van der Waals surface area contributed by atoms with Crippen LogP contribution in [0.5, 0.6) is 11.5 Å². The fourth-order valence-electron chi connectivity index (χ4n) is 2.71. The van der Waals surface area contributed by atoms with Crippen molar-refractivity contribution in [2.24, 2.45) is 5.73 Å². The number of hydrogen-bond acceptors (Lipinski definition) is 4. The molecule has 1 heterocycles. The number of ether oxygens (including phenoxy) is 3. The molecule has 8 heteroatoms. The predicted molar refractivity (Wildman–Crippen MR) is 82.1 cm³/mol. The van der Waals surface area contributed by atoms with E-state index in [0.717, 1.165) is 0 Å². The molecule has 1 aliphatic heterocycles. The molecule has 0 fully saturated rings. The second kappa shape index (κ2) is 6.54. The van der Waals surface area contributed by atoms with Gasteiger partial charge in [-0.1, -0.05) is 30.3 Å². The second-order valence-electron chi connectivity index (χ2n) is 5.36. The fourth-order valence-corrected chi connectivity index (χ4v) is 2.71. The molecular formula is C17H14F3NO4. The molecule has 2 aromatic rings. The first-order valence-electron chi connectivity index (χ1n) is 7.41. The Labute approximate surface area is 141 Å². The van der Waals surface area contributed by atoms with Gasteiger partial charge < -0.3 is 19.9 Å². The number of rotatable bonds is 3. The van der Waals surface area contributed by atoms with Crippen LogP contribution in [0.1, 0.15) is 18.1 Å². The number of carbonyl (C=O) groups is 1. The summed E-state index contributed by atoms with van der Waals surface area (Å²) in [6.45, 7) is 0.301. The minimum Gasteiger partial charge on any atom is -0.493 e. The molecule has 0 saturated carbocycles. The monoisotopic (exact) mass is 353 g/mol. The van der Waals surface area contributed by atoms with Crippen LogP contribution in [0.3, 0.4) is 0 Å². The first-order valence-corrected chi connectivity index (χ1v) is 7.41. The molecule has 5 nitrogen and oxygen atoms in total. The van der Waals surface area contributed by atoms with Gasteiger partial charge in [-0.05, 0) is 17.7 Å². The Morgan fingerprint density at radius 2 is 1.96 bits per heavy atom. The normalized spacial score (nSPS) is 16.5. The van der Waals surface area contributed by atoms with Crippen molar-refractivity contribution < 1.29 is 32.2 Å². The smallest absolute Gasteiger partial charge is 0.493 e. The standard InChI is InChI=1S/C17H14F3NO4/c18-17(19,20)25-14-4-2-1-3-11(14)10-5-6-12-13(24-16(21)22)7-8-23-15(12)9-10/h1-6,9,13H,7-8H2,(H2,21,22). The number of hydrogen-bond donors (Lipinski definition) is 1. The third kappa shape index (κ3) is 3.96. The molecule has 0 saturated heterocycles. The Morgan fingerprint density at radius 1 is 1.20 bits per heavy atom. The maximum atomic E-state index is 12.6. The molecular weight excluding hydrogens is 339 g/mol. The van der Waals surface area contributed by atoms with E-state index in [4.69, 9.17) is 15.2 Å². The van der Waals surface area contributed by atoms with Crippen molar-refractivity contribution in [3.8, 4) is 22.6 Å². The van der Waals surface area contributed by atoms with Crippen LogP contribution in [-0.4, -0.2) is 19.1 Å². The maximum absolute atomic E-state index is 12.6. The summed E-state index contributed by atoms with van der Waals surface area (Å²) in [6.07, 6.45) is -5.78. The molecule has 0 radical (unpaired) electrons. The Hall–Kier alpha value is -2.90. The zero-order valence-electron chi connectivity index (χ0n) is 12.9. The van der Waals surface area contributed by atoms with Crippen LogP contribution in [0, 0.1) is 0 Å². The molecule has 3 rings (SSSR count). The van der Waals surface area contributed by atoms with Crippen LogP contribution in [0.15, 0.2) is 42.5 Å². The number of para-hydroxylation sites is 1. The molecule has 0 aromatic heterocycles.